The summed E-state index contributed by atoms with van der Waals surface area (Å²) >= 11 is 7.88. The third-order valence-electron chi connectivity index (χ3n) is 7.32. The topological polar surface area (TPSA) is 54.4 Å². The molecule has 0 amide bonds. The molecule has 1 aliphatic rings. The summed E-state index contributed by atoms with van der Waals surface area (Å²) in [5.74, 6) is -1.74. The molecule has 5 rings (SSSR count). The fourth-order valence-corrected chi connectivity index (χ4v) is 6.11. The van der Waals surface area contributed by atoms with Crippen molar-refractivity contribution < 1.29 is 18.6 Å². The average Bonchev–Trinajstić information content (AvgIpc) is 2.91. The number of nitrogens with zero attached hydrogens (tertiary/aromatic N) is 1. The van der Waals surface area contributed by atoms with Crippen molar-refractivity contribution in [3.8, 4) is 5.88 Å². The van der Waals surface area contributed by atoms with Crippen LogP contribution in [0.2, 0.25) is 5.02 Å². The van der Waals surface area contributed by atoms with Gasteiger partial charge < -0.3 is 15.2 Å². The molecule has 1 saturated heterocycles. The maximum Gasteiger partial charge on any atom is 0.217 e. The van der Waals surface area contributed by atoms with Crippen LogP contribution >= 0.6 is 23.4 Å². The summed E-state index contributed by atoms with van der Waals surface area (Å²) in [6.07, 6.45) is 3.36. The summed E-state index contributed by atoms with van der Waals surface area (Å²) in [6.45, 7) is 0.564. The monoisotopic (exact) mass is 570 g/mol. The van der Waals surface area contributed by atoms with Crippen LogP contribution in [0.5, 0.6) is 5.88 Å². The number of aliphatic hydroxyl groups is 1. The maximum atomic E-state index is 13.9. The Labute approximate surface area is 237 Å². The van der Waals surface area contributed by atoms with Crippen molar-refractivity contribution in [2.75, 3.05) is 19.9 Å². The van der Waals surface area contributed by atoms with E-state index >= 15 is 0 Å². The van der Waals surface area contributed by atoms with Gasteiger partial charge in [-0.05, 0) is 91.7 Å². The molecule has 206 valence electrons. The minimum absolute atomic E-state index is 0. The Morgan fingerprint density at radius 2 is 1.87 bits per heavy atom. The molecule has 0 radical (unpaired) electrons. The Morgan fingerprint density at radius 3 is 2.56 bits per heavy atom. The van der Waals surface area contributed by atoms with E-state index in [-0.39, 0.29) is 13.5 Å². The summed E-state index contributed by atoms with van der Waals surface area (Å²) in [5, 5.41) is 17.4. The van der Waals surface area contributed by atoms with Gasteiger partial charge in [-0.2, -0.15) is 0 Å². The zero-order valence-electron chi connectivity index (χ0n) is 21.2. The standard InChI is InChI=1S/C30H29ClF2N2O2S.CH4/c1-37-29-24(16-20-15-23(38-2)8-10-27(20)35-29)28(19-4-6-21(31)7-5-19)30(36)11-12-34-22(17-30)13-18-3-9-25(32)26(33)14-18;/h3-10,14-16,22,28,34,36H,11-13,17H2,1-2H3;1H4. The highest BCUT2D eigenvalue weighted by Crippen LogP contribution is 2.45. The number of piperidine rings is 1. The molecule has 3 aromatic carbocycles. The Morgan fingerprint density at radius 1 is 1.10 bits per heavy atom. The Kier molecular flexibility index (Phi) is 9.17. The fraction of sp³-hybridized carbons (Fsp3) is 0.323. The number of pyridine rings is 1. The fourth-order valence-electron chi connectivity index (χ4n) is 5.54. The molecule has 1 aromatic heterocycles. The number of thioether (sulfide) groups is 1. The third kappa shape index (κ3) is 6.22. The largest absolute Gasteiger partial charge is 0.481 e. The Hall–Kier alpha value is -2.71. The number of hydrogen-bond acceptors (Lipinski definition) is 5. The van der Waals surface area contributed by atoms with E-state index in [0.717, 1.165) is 33.0 Å². The Bertz CT molecular complexity index is 1450. The van der Waals surface area contributed by atoms with Crippen molar-refractivity contribution in [3.05, 3.63) is 100 Å². The van der Waals surface area contributed by atoms with E-state index in [0.29, 0.717) is 42.3 Å². The van der Waals surface area contributed by atoms with E-state index < -0.39 is 23.2 Å². The van der Waals surface area contributed by atoms with Gasteiger partial charge in [0.25, 0.3) is 0 Å². The first-order valence-corrected chi connectivity index (χ1v) is 14.1. The number of rotatable bonds is 7. The second-order valence-corrected chi connectivity index (χ2v) is 11.1. The molecule has 3 unspecified atom stereocenters. The van der Waals surface area contributed by atoms with Crippen molar-refractivity contribution in [1.29, 1.82) is 0 Å². The average molecular weight is 571 g/mol. The molecule has 39 heavy (non-hydrogen) atoms. The number of benzene rings is 3. The lowest BCUT2D eigenvalue weighted by atomic mass is 9.70. The second-order valence-electron chi connectivity index (χ2n) is 9.79. The van der Waals surface area contributed by atoms with Crippen LogP contribution in [0.1, 0.15) is 42.9 Å². The van der Waals surface area contributed by atoms with Gasteiger partial charge in [0.05, 0.1) is 18.2 Å². The molecule has 4 aromatic rings. The summed E-state index contributed by atoms with van der Waals surface area (Å²) in [6, 6.07) is 19.5. The van der Waals surface area contributed by atoms with Gasteiger partial charge in [-0.15, -0.1) is 11.8 Å². The van der Waals surface area contributed by atoms with E-state index in [1.54, 1.807) is 24.9 Å². The van der Waals surface area contributed by atoms with E-state index in [1.807, 2.05) is 42.7 Å². The number of ether oxygens (including phenoxy) is 1. The molecule has 2 N–H and O–H groups in total. The van der Waals surface area contributed by atoms with Gasteiger partial charge in [-0.1, -0.05) is 37.2 Å². The summed E-state index contributed by atoms with van der Waals surface area (Å²) in [7, 11) is 1.59. The molecule has 2 heterocycles. The van der Waals surface area contributed by atoms with Crippen LogP contribution < -0.4 is 10.1 Å². The van der Waals surface area contributed by atoms with Crippen LogP contribution in [-0.2, 0) is 6.42 Å². The molecule has 0 saturated carbocycles. The number of methoxy groups -OCH3 is 1. The van der Waals surface area contributed by atoms with Crippen molar-refractivity contribution in [1.82, 2.24) is 10.3 Å². The van der Waals surface area contributed by atoms with Gasteiger partial charge in [-0.25, -0.2) is 13.8 Å². The molecule has 0 bridgehead atoms. The predicted molar refractivity (Wildman–Crippen MR) is 156 cm³/mol. The van der Waals surface area contributed by atoms with Crippen molar-refractivity contribution >= 4 is 34.3 Å². The second kappa shape index (κ2) is 12.2. The van der Waals surface area contributed by atoms with Gasteiger partial charge in [-0.3, -0.25) is 0 Å². The lowest BCUT2D eigenvalue weighted by molar-refractivity contribution is -0.0191. The molecule has 0 spiro atoms. The normalized spacial score (nSPS) is 19.9. The molecule has 0 aliphatic carbocycles. The SMILES string of the molecule is C.COc1nc2ccc(SC)cc2cc1C(c1ccc(Cl)cc1)C1(O)CCNC(Cc2ccc(F)c(F)c2)C1. The molecule has 1 fully saturated rings. The lowest BCUT2D eigenvalue weighted by Gasteiger charge is -2.43. The molecule has 3 atom stereocenters. The zero-order chi connectivity index (χ0) is 26.9. The number of fused-ring (bicyclic) bond motifs is 1. The van der Waals surface area contributed by atoms with Crippen LogP contribution in [-0.4, -0.2) is 41.6 Å². The van der Waals surface area contributed by atoms with Crippen LogP contribution in [0, 0.1) is 11.6 Å². The first kappa shape index (κ1) is 29.3. The number of hydrogen-bond donors (Lipinski definition) is 2. The summed E-state index contributed by atoms with van der Waals surface area (Å²) < 4.78 is 33.1. The molecular weight excluding hydrogens is 538 g/mol. The highest BCUT2D eigenvalue weighted by atomic mass is 35.5. The van der Waals surface area contributed by atoms with Crippen molar-refractivity contribution in [2.45, 2.75) is 49.1 Å². The van der Waals surface area contributed by atoms with Gasteiger partial charge in [0.1, 0.15) is 0 Å². The lowest BCUT2D eigenvalue weighted by Crippen LogP contribution is -2.52. The number of nitrogens with one attached hydrogen (secondary N) is 1. The van der Waals surface area contributed by atoms with Crippen LogP contribution in [0.25, 0.3) is 10.9 Å². The molecule has 4 nitrogen and oxygen atoms in total. The van der Waals surface area contributed by atoms with Gasteiger partial charge >= 0.3 is 0 Å². The quantitative estimate of drug-likeness (QED) is 0.227. The van der Waals surface area contributed by atoms with Gasteiger partial charge in [0.2, 0.25) is 5.88 Å². The number of aromatic nitrogens is 1. The van der Waals surface area contributed by atoms with E-state index in [9.17, 15) is 13.9 Å². The first-order valence-electron chi connectivity index (χ1n) is 12.5. The molecule has 1 aliphatic heterocycles. The first-order chi connectivity index (χ1) is 18.3. The van der Waals surface area contributed by atoms with E-state index in [1.165, 1.54) is 6.07 Å². The van der Waals surface area contributed by atoms with Crippen molar-refractivity contribution in [3.63, 3.8) is 0 Å². The summed E-state index contributed by atoms with van der Waals surface area (Å²) in [5.41, 5.74) is 2.00. The van der Waals surface area contributed by atoms with Gasteiger partial charge in [0.15, 0.2) is 11.6 Å². The maximum absolute atomic E-state index is 13.9. The van der Waals surface area contributed by atoms with E-state index in [2.05, 4.69) is 17.4 Å². The Balaban J connectivity index is 0.00000353. The van der Waals surface area contributed by atoms with Crippen molar-refractivity contribution in [2.24, 2.45) is 0 Å². The minimum Gasteiger partial charge on any atom is -0.481 e. The highest BCUT2D eigenvalue weighted by molar-refractivity contribution is 7.98. The molecular formula is C31H33ClF2N2O2S. The van der Waals surface area contributed by atoms with Crippen LogP contribution in [0.15, 0.2) is 71.6 Å². The highest BCUT2D eigenvalue weighted by Gasteiger charge is 2.44. The summed E-state index contributed by atoms with van der Waals surface area (Å²) in [4.78, 5) is 5.92. The number of halogens is 3. The predicted octanol–water partition coefficient (Wildman–Crippen LogP) is 7.39. The molecule has 8 heteroatoms. The smallest absolute Gasteiger partial charge is 0.217 e. The minimum atomic E-state index is -1.16. The van der Waals surface area contributed by atoms with E-state index in [4.69, 9.17) is 21.3 Å². The van der Waals surface area contributed by atoms with Gasteiger partial charge in [0, 0.05) is 32.8 Å². The zero-order valence-corrected chi connectivity index (χ0v) is 22.8. The van der Waals surface area contributed by atoms with Crippen LogP contribution in [0.4, 0.5) is 8.78 Å². The third-order valence-corrected chi connectivity index (χ3v) is 8.29. The van der Waals surface area contributed by atoms with Crippen LogP contribution in [0.3, 0.4) is 0 Å².